The zero-order chi connectivity index (χ0) is 20.9. The maximum atomic E-state index is 13.7. The molecule has 0 radical (unpaired) electrons. The van der Waals surface area contributed by atoms with Crippen LogP contribution in [0.1, 0.15) is 22.1 Å². The summed E-state index contributed by atoms with van der Waals surface area (Å²) >= 11 is 0. The number of pyridine rings is 1. The molecular weight excluding hydrogens is 376 g/mol. The van der Waals surface area contributed by atoms with Gasteiger partial charge in [0.1, 0.15) is 17.5 Å². The second kappa shape index (κ2) is 8.61. The maximum Gasteiger partial charge on any atom is 0.210 e. The van der Waals surface area contributed by atoms with E-state index in [-0.39, 0.29) is 5.78 Å². The zero-order valence-corrected chi connectivity index (χ0v) is 16.8. The molecule has 4 aromatic rings. The lowest BCUT2D eigenvalue weighted by Crippen LogP contribution is -2.22. The quantitative estimate of drug-likeness (QED) is 0.463. The first kappa shape index (κ1) is 19.4. The maximum absolute atomic E-state index is 13.7. The minimum absolute atomic E-state index is 0.122. The van der Waals surface area contributed by atoms with Crippen molar-refractivity contribution in [1.82, 2.24) is 14.8 Å². The summed E-state index contributed by atoms with van der Waals surface area (Å²) in [5.74, 6) is 0.590. The molecule has 0 aliphatic heterocycles. The molecule has 2 aromatic heterocycles. The van der Waals surface area contributed by atoms with Crippen molar-refractivity contribution in [2.45, 2.75) is 6.04 Å². The molecular formula is C24H22N4O2. The van der Waals surface area contributed by atoms with Gasteiger partial charge in [0.15, 0.2) is 0 Å². The number of rotatable bonds is 7. The number of nitrogens with zero attached hydrogens (tertiary/aromatic N) is 3. The zero-order valence-electron chi connectivity index (χ0n) is 16.8. The van der Waals surface area contributed by atoms with E-state index in [1.165, 1.54) is 0 Å². The van der Waals surface area contributed by atoms with E-state index in [4.69, 9.17) is 4.74 Å². The average molecular weight is 398 g/mol. The fraction of sp³-hybridized carbons (Fsp3) is 0.125. The lowest BCUT2D eigenvalue weighted by Gasteiger charge is -2.19. The van der Waals surface area contributed by atoms with Crippen molar-refractivity contribution in [3.05, 3.63) is 96.6 Å². The molecule has 30 heavy (non-hydrogen) atoms. The second-order valence-corrected chi connectivity index (χ2v) is 6.89. The first-order valence-corrected chi connectivity index (χ1v) is 9.59. The van der Waals surface area contributed by atoms with Gasteiger partial charge in [0.05, 0.1) is 7.11 Å². The third kappa shape index (κ3) is 4.07. The summed E-state index contributed by atoms with van der Waals surface area (Å²) in [6, 6.07) is 20.3. The Balaban J connectivity index is 1.76. The minimum atomic E-state index is -0.627. The number of ketones is 1. The number of aryl methyl sites for hydroxylation is 1. The van der Waals surface area contributed by atoms with E-state index in [2.05, 4.69) is 15.4 Å². The van der Waals surface area contributed by atoms with Crippen LogP contribution in [0.2, 0.25) is 0 Å². The van der Waals surface area contributed by atoms with Crippen LogP contribution in [0, 0.1) is 0 Å². The molecule has 6 heteroatoms. The molecule has 2 heterocycles. The highest BCUT2D eigenvalue weighted by molar-refractivity contribution is 6.05. The topological polar surface area (TPSA) is 69.0 Å². The van der Waals surface area contributed by atoms with Crippen molar-refractivity contribution in [2.24, 2.45) is 7.05 Å². The summed E-state index contributed by atoms with van der Waals surface area (Å²) in [6.45, 7) is 0. The third-order valence-electron chi connectivity index (χ3n) is 4.83. The Labute approximate surface area is 175 Å². The number of aromatic nitrogens is 3. The molecule has 150 valence electrons. The Kier molecular flexibility index (Phi) is 5.57. The number of ether oxygens (including phenoxy) is 1. The highest BCUT2D eigenvalue weighted by Crippen LogP contribution is 2.30. The van der Waals surface area contributed by atoms with Crippen LogP contribution >= 0.6 is 0 Å². The fourth-order valence-corrected chi connectivity index (χ4v) is 3.37. The van der Waals surface area contributed by atoms with Crippen LogP contribution in [0.15, 0.2) is 85.3 Å². The van der Waals surface area contributed by atoms with Crippen molar-refractivity contribution in [3.8, 4) is 16.9 Å². The molecule has 2 aromatic carbocycles. The van der Waals surface area contributed by atoms with Gasteiger partial charge in [-0.25, -0.2) is 0 Å². The van der Waals surface area contributed by atoms with E-state index in [9.17, 15) is 4.79 Å². The van der Waals surface area contributed by atoms with Crippen LogP contribution in [-0.4, -0.2) is 27.7 Å². The van der Waals surface area contributed by atoms with E-state index in [1.807, 2.05) is 80.0 Å². The Morgan fingerprint density at radius 2 is 1.80 bits per heavy atom. The number of carbonyl (C=O) groups is 1. The molecule has 0 fully saturated rings. The van der Waals surface area contributed by atoms with E-state index >= 15 is 0 Å². The van der Waals surface area contributed by atoms with Crippen LogP contribution in [-0.2, 0) is 7.05 Å². The number of benzene rings is 2. The number of anilines is 1. The van der Waals surface area contributed by atoms with Crippen LogP contribution in [0.25, 0.3) is 11.1 Å². The summed E-state index contributed by atoms with van der Waals surface area (Å²) in [7, 11) is 3.44. The molecule has 0 bridgehead atoms. The normalized spacial score (nSPS) is 11.7. The predicted molar refractivity (Wildman–Crippen MR) is 117 cm³/mol. The van der Waals surface area contributed by atoms with Gasteiger partial charge in [0.25, 0.3) is 0 Å². The summed E-state index contributed by atoms with van der Waals surface area (Å²) in [4.78, 5) is 17.8. The molecule has 0 aliphatic carbocycles. The molecule has 1 N–H and O–H groups in total. The Morgan fingerprint density at radius 3 is 2.53 bits per heavy atom. The van der Waals surface area contributed by atoms with Crippen molar-refractivity contribution in [1.29, 1.82) is 0 Å². The van der Waals surface area contributed by atoms with Gasteiger partial charge >= 0.3 is 0 Å². The van der Waals surface area contributed by atoms with E-state index in [0.29, 0.717) is 11.4 Å². The average Bonchev–Trinajstić information content (AvgIpc) is 3.20. The van der Waals surface area contributed by atoms with E-state index < -0.39 is 6.04 Å². The van der Waals surface area contributed by atoms with Gasteiger partial charge in [0, 0.05) is 43.0 Å². The van der Waals surface area contributed by atoms with Gasteiger partial charge in [0.2, 0.25) is 5.78 Å². The lowest BCUT2D eigenvalue weighted by atomic mass is 9.97. The molecule has 0 saturated carbocycles. The number of Topliss-reactive ketones (excluding diaryl/α,β-unsaturated/α-hetero) is 1. The van der Waals surface area contributed by atoms with Crippen LogP contribution < -0.4 is 10.1 Å². The van der Waals surface area contributed by atoms with Crippen molar-refractivity contribution in [3.63, 3.8) is 0 Å². The SMILES string of the molecule is COc1cccc(NC(C(=O)c2nn(C)cc2-c2ccccc2)c2ccncc2)c1. The molecule has 1 unspecified atom stereocenters. The minimum Gasteiger partial charge on any atom is -0.497 e. The van der Waals surface area contributed by atoms with Crippen molar-refractivity contribution in [2.75, 3.05) is 12.4 Å². The summed E-state index contributed by atoms with van der Waals surface area (Å²) in [6.07, 6.45) is 5.23. The van der Waals surface area contributed by atoms with Crippen molar-refractivity contribution < 1.29 is 9.53 Å². The summed E-state index contributed by atoms with van der Waals surface area (Å²) in [5.41, 5.74) is 3.75. The molecule has 0 aliphatic rings. The Morgan fingerprint density at radius 1 is 1.03 bits per heavy atom. The number of hydrogen-bond acceptors (Lipinski definition) is 5. The van der Waals surface area contributed by atoms with Gasteiger partial charge < -0.3 is 10.1 Å². The fourth-order valence-electron chi connectivity index (χ4n) is 3.37. The smallest absolute Gasteiger partial charge is 0.210 e. The highest BCUT2D eigenvalue weighted by atomic mass is 16.5. The number of hydrogen-bond donors (Lipinski definition) is 1. The molecule has 0 saturated heterocycles. The van der Waals surface area contributed by atoms with Gasteiger partial charge in [-0.05, 0) is 35.4 Å². The Bertz CT molecular complexity index is 1140. The predicted octanol–water partition coefficient (Wildman–Crippen LogP) is 4.53. The monoisotopic (exact) mass is 398 g/mol. The Hall–Kier alpha value is -3.93. The lowest BCUT2D eigenvalue weighted by molar-refractivity contribution is 0.0964. The van der Waals surface area contributed by atoms with Gasteiger partial charge in [-0.2, -0.15) is 5.10 Å². The first-order valence-electron chi connectivity index (χ1n) is 9.59. The number of methoxy groups -OCH3 is 1. The van der Waals surface area contributed by atoms with E-state index in [0.717, 1.165) is 22.4 Å². The molecule has 6 nitrogen and oxygen atoms in total. The standard InChI is InChI=1S/C24H22N4O2/c1-28-16-21(17-7-4-3-5-8-17)23(27-28)24(29)22(18-11-13-25-14-12-18)26-19-9-6-10-20(15-19)30-2/h3-16,22,26H,1-2H3. The molecule has 0 amide bonds. The van der Waals surface area contributed by atoms with Gasteiger partial charge in [-0.1, -0.05) is 36.4 Å². The summed E-state index contributed by atoms with van der Waals surface area (Å²) < 4.78 is 6.99. The molecule has 1 atom stereocenters. The highest BCUT2D eigenvalue weighted by Gasteiger charge is 2.27. The summed E-state index contributed by atoms with van der Waals surface area (Å²) in [5, 5.41) is 7.85. The molecule has 0 spiro atoms. The number of nitrogens with one attached hydrogen (secondary N) is 1. The number of carbonyl (C=O) groups excluding carboxylic acids is 1. The van der Waals surface area contributed by atoms with Gasteiger partial charge in [-0.15, -0.1) is 0 Å². The largest absolute Gasteiger partial charge is 0.497 e. The van der Waals surface area contributed by atoms with Crippen LogP contribution in [0.5, 0.6) is 5.75 Å². The second-order valence-electron chi connectivity index (χ2n) is 6.89. The molecule has 4 rings (SSSR count). The van der Waals surface area contributed by atoms with E-state index in [1.54, 1.807) is 24.2 Å². The third-order valence-corrected chi connectivity index (χ3v) is 4.83. The van der Waals surface area contributed by atoms with Crippen LogP contribution in [0.3, 0.4) is 0 Å². The van der Waals surface area contributed by atoms with Crippen LogP contribution in [0.4, 0.5) is 5.69 Å². The van der Waals surface area contributed by atoms with Crippen molar-refractivity contribution >= 4 is 11.5 Å². The first-order chi connectivity index (χ1) is 14.7. The van der Waals surface area contributed by atoms with Gasteiger partial charge in [-0.3, -0.25) is 14.5 Å².